The molecule has 0 radical (unpaired) electrons. The third-order valence-corrected chi connectivity index (χ3v) is 2.34. The van der Waals surface area contributed by atoms with E-state index in [-0.39, 0.29) is 5.97 Å². The fourth-order valence-corrected chi connectivity index (χ4v) is 1.54. The Hall–Kier alpha value is -1.55. The molecule has 18 heavy (non-hydrogen) atoms. The Kier molecular flexibility index (Phi) is 6.22. The van der Waals surface area contributed by atoms with Crippen molar-refractivity contribution in [3.63, 3.8) is 0 Å². The predicted molar refractivity (Wildman–Crippen MR) is 70.9 cm³/mol. The minimum Gasteiger partial charge on any atom is -0.492 e. The number of nitrogens with one attached hydrogen (secondary N) is 1. The summed E-state index contributed by atoms with van der Waals surface area (Å²) >= 11 is 0. The Morgan fingerprint density at radius 3 is 2.83 bits per heavy atom. The fraction of sp³-hybridized carbons (Fsp3) is 0.500. The molecule has 1 aromatic carbocycles. The number of fused-ring (bicyclic) bond motifs is 1. The summed E-state index contributed by atoms with van der Waals surface area (Å²) in [6, 6.07) is 5.37. The van der Waals surface area contributed by atoms with Gasteiger partial charge in [-0.1, -0.05) is 26.3 Å². The molecule has 0 aliphatic carbocycles. The molecule has 0 saturated heterocycles. The highest BCUT2D eigenvalue weighted by Crippen LogP contribution is 2.22. The first-order valence-electron chi connectivity index (χ1n) is 6.27. The molecule has 4 nitrogen and oxygen atoms in total. The van der Waals surface area contributed by atoms with Crippen molar-refractivity contribution in [1.82, 2.24) is 5.32 Å². The van der Waals surface area contributed by atoms with Crippen LogP contribution in [0.4, 0.5) is 0 Å². The Morgan fingerprint density at radius 2 is 2.17 bits per heavy atom. The van der Waals surface area contributed by atoms with Crippen molar-refractivity contribution in [2.24, 2.45) is 0 Å². The van der Waals surface area contributed by atoms with Crippen molar-refractivity contribution in [3.8, 4) is 5.75 Å². The molecular weight excluding hydrogens is 230 g/mol. The number of rotatable bonds is 1. The van der Waals surface area contributed by atoms with E-state index in [0.717, 1.165) is 24.4 Å². The maximum absolute atomic E-state index is 11.3. The highest BCUT2D eigenvalue weighted by Gasteiger charge is 2.12. The van der Waals surface area contributed by atoms with Gasteiger partial charge in [-0.15, -0.1) is 0 Å². The average Bonchev–Trinajstić information content (AvgIpc) is 2.63. The van der Waals surface area contributed by atoms with E-state index < -0.39 is 0 Å². The molecule has 1 heterocycles. The SMILES string of the molecule is CCC.COC(=O)c1ccc2c(c1)OCCNC2. The van der Waals surface area contributed by atoms with E-state index in [9.17, 15) is 4.79 Å². The van der Waals surface area contributed by atoms with Gasteiger partial charge in [0, 0.05) is 18.7 Å². The smallest absolute Gasteiger partial charge is 0.337 e. The van der Waals surface area contributed by atoms with E-state index in [0.29, 0.717) is 12.2 Å². The van der Waals surface area contributed by atoms with Crippen LogP contribution in [-0.4, -0.2) is 26.2 Å². The first-order valence-corrected chi connectivity index (χ1v) is 6.27. The molecule has 2 rings (SSSR count). The number of carbonyl (C=O) groups is 1. The molecule has 0 saturated carbocycles. The monoisotopic (exact) mass is 251 g/mol. The molecule has 1 aliphatic rings. The van der Waals surface area contributed by atoms with E-state index in [1.54, 1.807) is 12.1 Å². The Morgan fingerprint density at radius 1 is 1.44 bits per heavy atom. The molecule has 0 amide bonds. The van der Waals surface area contributed by atoms with Crippen molar-refractivity contribution in [3.05, 3.63) is 29.3 Å². The molecule has 1 aromatic rings. The summed E-state index contributed by atoms with van der Waals surface area (Å²) in [5, 5.41) is 3.22. The number of ether oxygens (including phenoxy) is 2. The van der Waals surface area contributed by atoms with Gasteiger partial charge in [0.05, 0.1) is 12.7 Å². The van der Waals surface area contributed by atoms with Gasteiger partial charge in [0.2, 0.25) is 0 Å². The second kappa shape index (κ2) is 7.71. The van der Waals surface area contributed by atoms with Crippen molar-refractivity contribution in [2.45, 2.75) is 26.8 Å². The Labute approximate surface area is 108 Å². The van der Waals surface area contributed by atoms with Crippen molar-refractivity contribution in [2.75, 3.05) is 20.3 Å². The molecule has 0 unspecified atom stereocenters. The van der Waals surface area contributed by atoms with E-state index in [2.05, 4.69) is 23.9 Å². The minimum absolute atomic E-state index is 0.335. The van der Waals surface area contributed by atoms with Gasteiger partial charge in [0.15, 0.2) is 0 Å². The number of methoxy groups -OCH3 is 1. The highest BCUT2D eigenvalue weighted by molar-refractivity contribution is 5.89. The van der Waals surface area contributed by atoms with Gasteiger partial charge in [-0.05, 0) is 12.1 Å². The van der Waals surface area contributed by atoms with E-state index in [1.807, 2.05) is 6.07 Å². The Balaban J connectivity index is 0.000000492. The van der Waals surface area contributed by atoms with Gasteiger partial charge in [-0.25, -0.2) is 4.79 Å². The Bertz CT molecular complexity index is 391. The zero-order valence-electron chi connectivity index (χ0n) is 11.3. The van der Waals surface area contributed by atoms with Gasteiger partial charge in [0.1, 0.15) is 12.4 Å². The lowest BCUT2D eigenvalue weighted by atomic mass is 10.1. The second-order valence-electron chi connectivity index (χ2n) is 4.05. The molecule has 0 fully saturated rings. The summed E-state index contributed by atoms with van der Waals surface area (Å²) < 4.78 is 10.2. The van der Waals surface area contributed by atoms with Crippen LogP contribution >= 0.6 is 0 Å². The maximum atomic E-state index is 11.3. The van der Waals surface area contributed by atoms with Crippen LogP contribution in [0.1, 0.15) is 36.2 Å². The van der Waals surface area contributed by atoms with Crippen LogP contribution in [0.5, 0.6) is 5.75 Å². The third-order valence-electron chi connectivity index (χ3n) is 2.34. The van der Waals surface area contributed by atoms with E-state index in [4.69, 9.17) is 4.74 Å². The first-order chi connectivity index (χ1) is 8.72. The van der Waals surface area contributed by atoms with Crippen LogP contribution in [0.25, 0.3) is 0 Å². The molecule has 100 valence electrons. The van der Waals surface area contributed by atoms with Crippen LogP contribution in [-0.2, 0) is 11.3 Å². The summed E-state index contributed by atoms with van der Waals surface area (Å²) in [5.74, 6) is 0.432. The maximum Gasteiger partial charge on any atom is 0.337 e. The summed E-state index contributed by atoms with van der Waals surface area (Å²) in [6.07, 6.45) is 1.25. The summed E-state index contributed by atoms with van der Waals surface area (Å²) in [7, 11) is 1.37. The van der Waals surface area contributed by atoms with Gasteiger partial charge in [0.25, 0.3) is 0 Å². The van der Waals surface area contributed by atoms with Gasteiger partial charge < -0.3 is 14.8 Å². The number of carbonyl (C=O) groups excluding carboxylic acids is 1. The average molecular weight is 251 g/mol. The fourth-order valence-electron chi connectivity index (χ4n) is 1.54. The lowest BCUT2D eigenvalue weighted by Crippen LogP contribution is -2.16. The van der Waals surface area contributed by atoms with Crippen LogP contribution in [0.3, 0.4) is 0 Å². The quantitative estimate of drug-likeness (QED) is 0.778. The molecule has 0 bridgehead atoms. The van der Waals surface area contributed by atoms with Gasteiger partial charge >= 0.3 is 5.97 Å². The topological polar surface area (TPSA) is 47.6 Å². The normalized spacial score (nSPS) is 13.3. The lowest BCUT2D eigenvalue weighted by molar-refractivity contribution is 0.0600. The van der Waals surface area contributed by atoms with Crippen LogP contribution < -0.4 is 10.1 Å². The number of hydrogen-bond acceptors (Lipinski definition) is 4. The molecule has 4 heteroatoms. The van der Waals surface area contributed by atoms with Crippen molar-refractivity contribution < 1.29 is 14.3 Å². The predicted octanol–water partition coefficient (Wildman–Crippen LogP) is 2.37. The minimum atomic E-state index is -0.335. The largest absolute Gasteiger partial charge is 0.492 e. The molecule has 1 N–H and O–H groups in total. The van der Waals surface area contributed by atoms with Crippen LogP contribution in [0.15, 0.2) is 18.2 Å². The van der Waals surface area contributed by atoms with Crippen LogP contribution in [0.2, 0.25) is 0 Å². The van der Waals surface area contributed by atoms with Crippen molar-refractivity contribution in [1.29, 1.82) is 0 Å². The summed E-state index contributed by atoms with van der Waals surface area (Å²) in [5.41, 5.74) is 1.60. The zero-order chi connectivity index (χ0) is 13.4. The van der Waals surface area contributed by atoms with Gasteiger partial charge in [-0.2, -0.15) is 0 Å². The molecule has 0 aromatic heterocycles. The number of esters is 1. The van der Waals surface area contributed by atoms with Crippen LogP contribution in [0, 0.1) is 0 Å². The summed E-state index contributed by atoms with van der Waals surface area (Å²) in [4.78, 5) is 11.3. The van der Waals surface area contributed by atoms with E-state index >= 15 is 0 Å². The standard InChI is InChI=1S/C11H13NO3.C3H8/c1-14-11(13)8-2-3-9-7-12-4-5-15-10(9)6-8;1-3-2/h2-3,6,12H,4-5,7H2,1H3;3H2,1-2H3. The summed E-state index contributed by atoms with van der Waals surface area (Å²) in [6.45, 7) is 6.47. The second-order valence-corrected chi connectivity index (χ2v) is 4.05. The molecule has 1 aliphatic heterocycles. The van der Waals surface area contributed by atoms with Gasteiger partial charge in [-0.3, -0.25) is 0 Å². The third kappa shape index (κ3) is 4.04. The molecule has 0 spiro atoms. The lowest BCUT2D eigenvalue weighted by Gasteiger charge is -2.07. The van der Waals surface area contributed by atoms with E-state index in [1.165, 1.54) is 13.5 Å². The molecular formula is C14H21NO3. The van der Waals surface area contributed by atoms with Crippen molar-refractivity contribution >= 4 is 5.97 Å². The number of benzene rings is 1. The first kappa shape index (κ1) is 14.5. The highest BCUT2D eigenvalue weighted by atomic mass is 16.5. The molecule has 0 atom stereocenters. The number of hydrogen-bond donors (Lipinski definition) is 1. The zero-order valence-corrected chi connectivity index (χ0v) is 11.3.